The standard InChI is InChI=1S/C15H25N/c16-15(14-12-9-6-10-13(12)14)11-7-4-2-1-3-5-8-11/h7,12-15H,1-6,8-10,16H2. The van der Waals surface area contributed by atoms with E-state index >= 15 is 0 Å². The van der Waals surface area contributed by atoms with Crippen molar-refractivity contribution in [2.75, 3.05) is 0 Å². The molecule has 0 amide bonds. The summed E-state index contributed by atoms with van der Waals surface area (Å²) in [6.45, 7) is 0. The van der Waals surface area contributed by atoms with Crippen molar-refractivity contribution in [2.24, 2.45) is 23.5 Å². The van der Waals surface area contributed by atoms with E-state index in [9.17, 15) is 0 Å². The third-order valence-electron chi connectivity index (χ3n) is 5.14. The monoisotopic (exact) mass is 219 g/mol. The van der Waals surface area contributed by atoms with Crippen LogP contribution in [0, 0.1) is 17.8 Å². The molecule has 0 bridgehead atoms. The molecule has 0 aromatic heterocycles. The SMILES string of the molecule is NC(C1=CCCCCCC1)C1C2CCCC21. The number of nitrogens with two attached hydrogens (primary N) is 1. The smallest absolute Gasteiger partial charge is 0.0287 e. The van der Waals surface area contributed by atoms with Crippen LogP contribution in [-0.4, -0.2) is 6.04 Å². The molecule has 2 saturated carbocycles. The van der Waals surface area contributed by atoms with Gasteiger partial charge in [-0.05, 0) is 56.3 Å². The van der Waals surface area contributed by atoms with Gasteiger partial charge in [0.05, 0.1) is 0 Å². The Morgan fingerprint density at radius 2 is 1.75 bits per heavy atom. The van der Waals surface area contributed by atoms with Gasteiger partial charge in [-0.2, -0.15) is 0 Å². The highest BCUT2D eigenvalue weighted by Gasteiger charge is 2.55. The maximum Gasteiger partial charge on any atom is 0.0287 e. The highest BCUT2D eigenvalue weighted by molar-refractivity contribution is 5.19. The highest BCUT2D eigenvalue weighted by Crippen LogP contribution is 2.59. The van der Waals surface area contributed by atoms with E-state index in [0.717, 1.165) is 17.8 Å². The number of fused-ring (bicyclic) bond motifs is 1. The third-order valence-corrected chi connectivity index (χ3v) is 5.14. The van der Waals surface area contributed by atoms with Gasteiger partial charge in [0, 0.05) is 6.04 Å². The Balaban J connectivity index is 1.62. The molecule has 2 N–H and O–H groups in total. The fourth-order valence-corrected chi connectivity index (χ4v) is 4.18. The predicted molar refractivity (Wildman–Crippen MR) is 68.1 cm³/mol. The van der Waals surface area contributed by atoms with E-state index in [1.54, 1.807) is 5.57 Å². The first-order chi connectivity index (χ1) is 7.88. The van der Waals surface area contributed by atoms with Crippen LogP contribution in [0.5, 0.6) is 0 Å². The molecule has 2 fully saturated rings. The molecule has 0 aromatic rings. The molecule has 0 spiro atoms. The summed E-state index contributed by atoms with van der Waals surface area (Å²) < 4.78 is 0. The summed E-state index contributed by atoms with van der Waals surface area (Å²) in [7, 11) is 0. The molecular formula is C15H25N. The van der Waals surface area contributed by atoms with Crippen LogP contribution in [0.4, 0.5) is 0 Å². The van der Waals surface area contributed by atoms with Gasteiger partial charge in [-0.15, -0.1) is 0 Å². The Morgan fingerprint density at radius 1 is 1.00 bits per heavy atom. The van der Waals surface area contributed by atoms with E-state index in [1.807, 2.05) is 0 Å². The third kappa shape index (κ3) is 1.95. The zero-order valence-electron chi connectivity index (χ0n) is 10.3. The molecule has 0 aromatic carbocycles. The van der Waals surface area contributed by atoms with Crippen molar-refractivity contribution in [2.45, 2.75) is 63.8 Å². The largest absolute Gasteiger partial charge is 0.324 e. The first kappa shape index (κ1) is 10.8. The average molecular weight is 219 g/mol. The van der Waals surface area contributed by atoms with Crippen molar-refractivity contribution >= 4 is 0 Å². The molecule has 0 radical (unpaired) electrons. The maximum absolute atomic E-state index is 6.50. The maximum atomic E-state index is 6.50. The van der Waals surface area contributed by atoms with Crippen molar-refractivity contribution in [1.82, 2.24) is 0 Å². The molecule has 1 heteroatoms. The fraction of sp³-hybridized carbons (Fsp3) is 0.867. The van der Waals surface area contributed by atoms with Crippen molar-refractivity contribution in [3.63, 3.8) is 0 Å². The summed E-state index contributed by atoms with van der Waals surface area (Å²) in [6, 6.07) is 0.424. The topological polar surface area (TPSA) is 26.0 Å². The minimum atomic E-state index is 0.424. The van der Waals surface area contributed by atoms with E-state index in [1.165, 1.54) is 57.8 Å². The van der Waals surface area contributed by atoms with Crippen LogP contribution < -0.4 is 5.73 Å². The van der Waals surface area contributed by atoms with Gasteiger partial charge in [0.1, 0.15) is 0 Å². The highest BCUT2D eigenvalue weighted by atomic mass is 14.8. The Kier molecular flexibility index (Phi) is 3.06. The molecule has 3 aliphatic rings. The first-order valence-electron chi connectivity index (χ1n) is 7.32. The quantitative estimate of drug-likeness (QED) is 0.705. The van der Waals surface area contributed by atoms with Gasteiger partial charge in [-0.25, -0.2) is 0 Å². The second kappa shape index (κ2) is 4.52. The van der Waals surface area contributed by atoms with Gasteiger partial charge in [0.25, 0.3) is 0 Å². The van der Waals surface area contributed by atoms with Crippen LogP contribution in [0.2, 0.25) is 0 Å². The number of hydrogen-bond acceptors (Lipinski definition) is 1. The molecule has 3 rings (SSSR count). The van der Waals surface area contributed by atoms with Crippen LogP contribution in [0.25, 0.3) is 0 Å². The normalized spacial score (nSPS) is 40.6. The zero-order valence-corrected chi connectivity index (χ0v) is 10.3. The molecule has 0 aliphatic heterocycles. The van der Waals surface area contributed by atoms with E-state index in [4.69, 9.17) is 5.73 Å². The van der Waals surface area contributed by atoms with E-state index in [-0.39, 0.29) is 0 Å². The van der Waals surface area contributed by atoms with Gasteiger partial charge < -0.3 is 5.73 Å². The molecule has 90 valence electrons. The molecule has 0 heterocycles. The van der Waals surface area contributed by atoms with Crippen LogP contribution >= 0.6 is 0 Å². The summed E-state index contributed by atoms with van der Waals surface area (Å²) in [4.78, 5) is 0. The van der Waals surface area contributed by atoms with Gasteiger partial charge >= 0.3 is 0 Å². The van der Waals surface area contributed by atoms with Crippen molar-refractivity contribution in [3.05, 3.63) is 11.6 Å². The summed E-state index contributed by atoms with van der Waals surface area (Å²) in [5, 5.41) is 0. The molecule has 0 saturated heterocycles. The summed E-state index contributed by atoms with van der Waals surface area (Å²) in [5.41, 5.74) is 8.11. The van der Waals surface area contributed by atoms with Gasteiger partial charge in [-0.1, -0.05) is 30.9 Å². The Hall–Kier alpha value is -0.300. The Morgan fingerprint density at radius 3 is 2.56 bits per heavy atom. The van der Waals surface area contributed by atoms with E-state index in [2.05, 4.69) is 6.08 Å². The predicted octanol–water partition coefficient (Wildman–Crippen LogP) is 3.64. The average Bonchev–Trinajstić information content (AvgIpc) is 2.71. The van der Waals surface area contributed by atoms with Crippen molar-refractivity contribution in [1.29, 1.82) is 0 Å². The zero-order chi connectivity index (χ0) is 11.0. The molecule has 1 nitrogen and oxygen atoms in total. The summed E-state index contributed by atoms with van der Waals surface area (Å²) in [6.07, 6.45) is 15.1. The summed E-state index contributed by atoms with van der Waals surface area (Å²) >= 11 is 0. The van der Waals surface area contributed by atoms with Gasteiger partial charge in [0.2, 0.25) is 0 Å². The minimum absolute atomic E-state index is 0.424. The van der Waals surface area contributed by atoms with Crippen molar-refractivity contribution < 1.29 is 0 Å². The van der Waals surface area contributed by atoms with Gasteiger partial charge in [0.15, 0.2) is 0 Å². The van der Waals surface area contributed by atoms with Crippen LogP contribution in [-0.2, 0) is 0 Å². The lowest BCUT2D eigenvalue weighted by Gasteiger charge is -2.20. The van der Waals surface area contributed by atoms with Gasteiger partial charge in [-0.3, -0.25) is 0 Å². The lowest BCUT2D eigenvalue weighted by molar-refractivity contribution is 0.502. The van der Waals surface area contributed by atoms with Crippen LogP contribution in [0.1, 0.15) is 57.8 Å². The minimum Gasteiger partial charge on any atom is -0.324 e. The Bertz CT molecular complexity index is 271. The molecule has 3 aliphatic carbocycles. The molecule has 3 unspecified atom stereocenters. The fourth-order valence-electron chi connectivity index (χ4n) is 4.18. The lowest BCUT2D eigenvalue weighted by Crippen LogP contribution is -2.27. The number of rotatable bonds is 2. The summed E-state index contributed by atoms with van der Waals surface area (Å²) in [5.74, 6) is 2.90. The van der Waals surface area contributed by atoms with E-state index in [0.29, 0.717) is 6.04 Å². The number of allylic oxidation sites excluding steroid dienone is 1. The first-order valence-corrected chi connectivity index (χ1v) is 7.32. The van der Waals surface area contributed by atoms with Crippen molar-refractivity contribution in [3.8, 4) is 0 Å². The second-order valence-corrected chi connectivity index (χ2v) is 6.09. The van der Waals surface area contributed by atoms with Crippen LogP contribution in [0.3, 0.4) is 0 Å². The molecule has 3 atom stereocenters. The van der Waals surface area contributed by atoms with E-state index < -0.39 is 0 Å². The molecular weight excluding hydrogens is 194 g/mol. The molecule has 16 heavy (non-hydrogen) atoms. The lowest BCUT2D eigenvalue weighted by atomic mass is 9.90. The number of hydrogen-bond donors (Lipinski definition) is 1. The van der Waals surface area contributed by atoms with Crippen LogP contribution in [0.15, 0.2) is 11.6 Å². The second-order valence-electron chi connectivity index (χ2n) is 6.09. The Labute approximate surface area is 99.5 Å².